The molecule has 0 spiro atoms. The Labute approximate surface area is 123 Å². The molecule has 1 aliphatic rings. The second-order valence-corrected chi connectivity index (χ2v) is 5.61. The molecule has 112 valence electrons. The minimum absolute atomic E-state index is 0.227. The molecule has 0 radical (unpaired) electrons. The van der Waals surface area contributed by atoms with Gasteiger partial charge in [-0.2, -0.15) is 0 Å². The molecule has 1 saturated carbocycles. The van der Waals surface area contributed by atoms with E-state index in [2.05, 4.69) is 11.5 Å². The average Bonchev–Trinajstić information content (AvgIpc) is 3.10. The van der Waals surface area contributed by atoms with Crippen LogP contribution < -0.4 is 4.74 Å². The van der Waals surface area contributed by atoms with Crippen LogP contribution in [0, 0.1) is 5.92 Å². The second-order valence-electron chi connectivity index (χ2n) is 5.61. The zero-order chi connectivity index (χ0) is 15.0. The van der Waals surface area contributed by atoms with Crippen LogP contribution in [0.5, 0.6) is 5.75 Å². The third kappa shape index (κ3) is 2.37. The first kappa shape index (κ1) is 13.9. The van der Waals surface area contributed by atoms with Crippen molar-refractivity contribution >= 4 is 17.0 Å². The maximum absolute atomic E-state index is 11.1. The van der Waals surface area contributed by atoms with Gasteiger partial charge in [0.2, 0.25) is 0 Å². The van der Waals surface area contributed by atoms with E-state index in [4.69, 9.17) is 14.8 Å². The van der Waals surface area contributed by atoms with E-state index < -0.39 is 5.97 Å². The van der Waals surface area contributed by atoms with Gasteiger partial charge in [0.1, 0.15) is 11.6 Å². The van der Waals surface area contributed by atoms with Gasteiger partial charge in [0, 0.05) is 18.5 Å². The number of ether oxygens (including phenoxy) is 1. The van der Waals surface area contributed by atoms with Gasteiger partial charge in [-0.15, -0.1) is 0 Å². The number of aliphatic carboxylic acids is 1. The second kappa shape index (κ2) is 5.39. The van der Waals surface area contributed by atoms with Crippen LogP contribution >= 0.6 is 0 Å². The molecular formula is C16H20N2O3. The number of aromatic nitrogens is 2. The predicted molar refractivity (Wildman–Crippen MR) is 79.7 cm³/mol. The monoisotopic (exact) mass is 288 g/mol. The van der Waals surface area contributed by atoms with Gasteiger partial charge >= 0.3 is 5.97 Å². The van der Waals surface area contributed by atoms with Gasteiger partial charge in [0.25, 0.3) is 0 Å². The van der Waals surface area contributed by atoms with Crippen molar-refractivity contribution in [2.75, 3.05) is 7.11 Å². The quantitative estimate of drug-likeness (QED) is 0.939. The van der Waals surface area contributed by atoms with Crippen molar-refractivity contribution in [3.8, 4) is 5.75 Å². The summed E-state index contributed by atoms with van der Waals surface area (Å²) in [6, 6.07) is 5.90. The van der Waals surface area contributed by atoms with Crippen molar-refractivity contribution in [2.45, 2.75) is 38.6 Å². The number of aryl methyl sites for hydroxylation is 1. The van der Waals surface area contributed by atoms with Crippen LogP contribution in [0.25, 0.3) is 11.0 Å². The molecule has 1 N–H and O–H groups in total. The molecule has 2 atom stereocenters. The summed E-state index contributed by atoms with van der Waals surface area (Å²) in [5.41, 5.74) is 2.01. The minimum Gasteiger partial charge on any atom is -0.497 e. The smallest absolute Gasteiger partial charge is 0.306 e. The van der Waals surface area contributed by atoms with Gasteiger partial charge in [-0.1, -0.05) is 0 Å². The molecule has 1 fully saturated rings. The average molecular weight is 288 g/mol. The van der Waals surface area contributed by atoms with E-state index in [1.807, 2.05) is 18.2 Å². The Hall–Kier alpha value is -2.04. The van der Waals surface area contributed by atoms with E-state index in [1.165, 1.54) is 0 Å². The highest BCUT2D eigenvalue weighted by Crippen LogP contribution is 2.39. The molecule has 1 heterocycles. The summed E-state index contributed by atoms with van der Waals surface area (Å²) in [5.74, 6) is 1.14. The number of methoxy groups -OCH3 is 1. The summed E-state index contributed by atoms with van der Waals surface area (Å²) in [5, 5.41) is 9.17. The van der Waals surface area contributed by atoms with Gasteiger partial charge in [0.05, 0.1) is 24.1 Å². The lowest BCUT2D eigenvalue weighted by Crippen LogP contribution is -2.11. The zero-order valence-electron chi connectivity index (χ0n) is 12.4. The lowest BCUT2D eigenvalue weighted by Gasteiger charge is -2.12. The number of carbonyl (C=O) groups is 1. The summed E-state index contributed by atoms with van der Waals surface area (Å²) in [6.07, 6.45) is 2.34. The van der Waals surface area contributed by atoms with Crippen molar-refractivity contribution in [3.05, 3.63) is 24.0 Å². The largest absolute Gasteiger partial charge is 0.497 e. The lowest BCUT2D eigenvalue weighted by molar-refractivity contribution is -0.141. The number of hydrogen-bond acceptors (Lipinski definition) is 3. The van der Waals surface area contributed by atoms with Crippen LogP contribution in [-0.4, -0.2) is 27.7 Å². The Morgan fingerprint density at radius 1 is 1.48 bits per heavy atom. The van der Waals surface area contributed by atoms with Crippen LogP contribution in [0.2, 0.25) is 0 Å². The van der Waals surface area contributed by atoms with E-state index in [-0.39, 0.29) is 11.8 Å². The van der Waals surface area contributed by atoms with E-state index >= 15 is 0 Å². The van der Waals surface area contributed by atoms with E-state index in [9.17, 15) is 4.79 Å². The summed E-state index contributed by atoms with van der Waals surface area (Å²) >= 11 is 0. The Morgan fingerprint density at radius 3 is 2.90 bits per heavy atom. The van der Waals surface area contributed by atoms with Crippen LogP contribution in [0.15, 0.2) is 18.2 Å². The fourth-order valence-electron chi connectivity index (χ4n) is 3.34. The highest BCUT2D eigenvalue weighted by molar-refractivity contribution is 5.78. The molecule has 2 aromatic rings. The first-order valence-electron chi connectivity index (χ1n) is 7.41. The summed E-state index contributed by atoms with van der Waals surface area (Å²) in [4.78, 5) is 15.9. The molecule has 5 nitrogen and oxygen atoms in total. The number of benzene rings is 1. The van der Waals surface area contributed by atoms with Gasteiger partial charge in [-0.05, 0) is 38.3 Å². The molecule has 0 amide bonds. The van der Waals surface area contributed by atoms with Crippen molar-refractivity contribution in [3.63, 3.8) is 0 Å². The number of rotatable bonds is 4. The van der Waals surface area contributed by atoms with E-state index in [0.29, 0.717) is 6.42 Å². The summed E-state index contributed by atoms with van der Waals surface area (Å²) < 4.78 is 7.45. The minimum atomic E-state index is -0.682. The Kier molecular flexibility index (Phi) is 3.57. The van der Waals surface area contributed by atoms with Crippen molar-refractivity contribution in [1.82, 2.24) is 9.55 Å². The zero-order valence-corrected chi connectivity index (χ0v) is 12.4. The summed E-state index contributed by atoms with van der Waals surface area (Å²) in [6.45, 7) is 2.94. The molecule has 1 aromatic carbocycles. The number of carboxylic acid groups (broad SMARTS) is 1. The highest BCUT2D eigenvalue weighted by atomic mass is 16.5. The van der Waals surface area contributed by atoms with E-state index in [0.717, 1.165) is 42.0 Å². The number of hydrogen-bond donors (Lipinski definition) is 1. The first-order chi connectivity index (χ1) is 10.1. The Morgan fingerprint density at radius 2 is 2.29 bits per heavy atom. The molecular weight excluding hydrogens is 268 g/mol. The van der Waals surface area contributed by atoms with Crippen molar-refractivity contribution in [1.29, 1.82) is 0 Å². The molecule has 5 heteroatoms. The normalized spacial score (nSPS) is 21.8. The number of carboxylic acids is 1. The number of imidazole rings is 1. The molecule has 21 heavy (non-hydrogen) atoms. The van der Waals surface area contributed by atoms with Crippen LogP contribution in [0.3, 0.4) is 0 Å². The lowest BCUT2D eigenvalue weighted by atomic mass is 10.0. The fourth-order valence-corrected chi connectivity index (χ4v) is 3.34. The molecule has 2 unspecified atom stereocenters. The first-order valence-corrected chi connectivity index (χ1v) is 7.41. The standard InChI is InChI=1S/C16H20N2O3/c1-3-18-14-7-6-12(21-2)9-13(14)17-15(18)10-4-5-11(8-10)16(19)20/h6-7,9-11H,3-5,8H2,1-2H3,(H,19,20). The third-order valence-electron chi connectivity index (χ3n) is 4.45. The molecule has 3 rings (SSSR count). The Balaban J connectivity index is 2.00. The third-order valence-corrected chi connectivity index (χ3v) is 4.45. The molecule has 1 aliphatic carbocycles. The number of fused-ring (bicyclic) bond motifs is 1. The highest BCUT2D eigenvalue weighted by Gasteiger charge is 2.33. The topological polar surface area (TPSA) is 64.4 Å². The molecule has 0 bridgehead atoms. The fraction of sp³-hybridized carbons (Fsp3) is 0.500. The van der Waals surface area contributed by atoms with Gasteiger partial charge in [0.15, 0.2) is 0 Å². The van der Waals surface area contributed by atoms with Crippen molar-refractivity contribution < 1.29 is 14.6 Å². The predicted octanol–water partition coefficient (Wildman–Crippen LogP) is 3.03. The maximum Gasteiger partial charge on any atom is 0.306 e. The summed E-state index contributed by atoms with van der Waals surface area (Å²) in [7, 11) is 1.65. The van der Waals surface area contributed by atoms with Crippen molar-refractivity contribution in [2.24, 2.45) is 5.92 Å². The number of nitrogens with zero attached hydrogens (tertiary/aromatic N) is 2. The molecule has 1 aromatic heterocycles. The van der Waals surface area contributed by atoms with Crippen LogP contribution in [0.1, 0.15) is 37.9 Å². The van der Waals surface area contributed by atoms with Crippen LogP contribution in [-0.2, 0) is 11.3 Å². The Bertz CT molecular complexity index is 677. The SMILES string of the molecule is CCn1c(C2CCC(C(=O)O)C2)nc2cc(OC)ccc21. The van der Waals surface area contributed by atoms with Gasteiger partial charge < -0.3 is 14.4 Å². The molecule has 0 saturated heterocycles. The molecule has 0 aliphatic heterocycles. The van der Waals surface area contributed by atoms with Gasteiger partial charge in [-0.25, -0.2) is 4.98 Å². The maximum atomic E-state index is 11.1. The van der Waals surface area contributed by atoms with Crippen LogP contribution in [0.4, 0.5) is 0 Å². The van der Waals surface area contributed by atoms with E-state index in [1.54, 1.807) is 7.11 Å². The van der Waals surface area contributed by atoms with Gasteiger partial charge in [-0.3, -0.25) is 4.79 Å².